The fraction of sp³-hybridized carbons (Fsp3) is 0.667. The van der Waals surface area contributed by atoms with Crippen LogP contribution in [0.4, 0.5) is 0 Å². The van der Waals surface area contributed by atoms with Crippen molar-refractivity contribution in [2.75, 3.05) is 0 Å². The third kappa shape index (κ3) is 3.94. The minimum absolute atomic E-state index is 0.0406. The highest BCUT2D eigenvalue weighted by Crippen LogP contribution is 2.10. The van der Waals surface area contributed by atoms with Crippen LogP contribution in [0.25, 0.3) is 0 Å². The largest absolute Gasteiger partial charge is 0.656 e. The average molecular weight is 182 g/mol. The Hall–Kier alpha value is -0.258. The zero-order chi connectivity index (χ0) is 9.72. The molecule has 0 aromatic carbocycles. The van der Waals surface area contributed by atoms with E-state index in [0.717, 1.165) is 5.76 Å². The molecule has 3 heteroatoms. The molecule has 0 heterocycles. The van der Waals surface area contributed by atoms with Crippen LogP contribution in [0, 0.1) is 11.8 Å². The average Bonchev–Trinajstić information content (AvgIpc) is 1.98. The maximum Gasteiger partial charge on any atom is 0.481 e. The van der Waals surface area contributed by atoms with Crippen molar-refractivity contribution in [1.82, 2.24) is 0 Å². The first-order chi connectivity index (χ1) is 5.49. The van der Waals surface area contributed by atoms with Crippen molar-refractivity contribution in [3.63, 3.8) is 0 Å². The lowest BCUT2D eigenvalue weighted by atomic mass is 10.1. The highest BCUT2D eigenvalue weighted by atomic mass is 27.1. The fourth-order valence-corrected chi connectivity index (χ4v) is 0.984. The summed E-state index contributed by atoms with van der Waals surface area (Å²) in [6.45, 7) is 7.73. The van der Waals surface area contributed by atoms with Crippen LogP contribution in [-0.2, 0) is 8.58 Å². The first-order valence-corrected chi connectivity index (χ1v) is 4.58. The highest BCUT2D eigenvalue weighted by Gasteiger charge is 2.07. The topological polar surface area (TPSA) is 26.3 Å². The molecule has 0 bridgehead atoms. The third-order valence-corrected chi connectivity index (χ3v) is 1.83. The van der Waals surface area contributed by atoms with Gasteiger partial charge in [0.15, 0.2) is 5.78 Å². The Balaban J connectivity index is 4.38. The number of hydrogen-bond acceptors (Lipinski definition) is 2. The van der Waals surface area contributed by atoms with E-state index in [1.165, 1.54) is 0 Å². The third-order valence-electron chi connectivity index (χ3n) is 1.56. The van der Waals surface area contributed by atoms with Gasteiger partial charge in [0.25, 0.3) is 0 Å². The molecule has 0 unspecified atom stereocenters. The summed E-state index contributed by atoms with van der Waals surface area (Å²) in [4.78, 5) is 11.3. The molecule has 0 spiro atoms. The number of allylic oxidation sites excluding steroid dienone is 2. The van der Waals surface area contributed by atoms with E-state index in [0.29, 0.717) is 0 Å². The Morgan fingerprint density at radius 3 is 2.00 bits per heavy atom. The van der Waals surface area contributed by atoms with E-state index in [9.17, 15) is 4.79 Å². The highest BCUT2D eigenvalue weighted by molar-refractivity contribution is 5.99. The van der Waals surface area contributed by atoms with Gasteiger partial charge >= 0.3 is 16.6 Å². The van der Waals surface area contributed by atoms with Gasteiger partial charge in [-0.1, -0.05) is 27.7 Å². The molecule has 12 heavy (non-hydrogen) atoms. The van der Waals surface area contributed by atoms with Gasteiger partial charge in [-0.3, -0.25) is 4.79 Å². The second-order valence-electron chi connectivity index (χ2n) is 3.38. The Kier molecular flexibility index (Phi) is 5.28. The van der Waals surface area contributed by atoms with Crippen LogP contribution in [0.1, 0.15) is 27.7 Å². The Bertz CT molecular complexity index is 183. The zero-order valence-electron chi connectivity index (χ0n) is 8.13. The molecular weight excluding hydrogens is 167 g/mol. The lowest BCUT2D eigenvalue weighted by Crippen LogP contribution is -2.07. The Morgan fingerprint density at radius 1 is 1.25 bits per heavy atom. The van der Waals surface area contributed by atoms with Crippen molar-refractivity contribution < 1.29 is 8.58 Å². The standard InChI is InChI=1S/C9H16O2.Al/c1-6(2)8(10)5-9(11)7(3)4;/h5-7,10H,1-4H3;/q;+1/p-1/b8-5-;. The molecular formula is C9H15AlO2. The van der Waals surface area contributed by atoms with Crippen molar-refractivity contribution in [1.29, 1.82) is 0 Å². The van der Waals surface area contributed by atoms with Gasteiger partial charge < -0.3 is 3.79 Å². The second kappa shape index (κ2) is 5.40. The summed E-state index contributed by atoms with van der Waals surface area (Å²) in [6.07, 6.45) is 1.57. The summed E-state index contributed by atoms with van der Waals surface area (Å²) in [5.74, 6) is 1.13. The molecule has 0 aromatic heterocycles. The van der Waals surface area contributed by atoms with Crippen molar-refractivity contribution in [2.24, 2.45) is 11.8 Å². The molecule has 0 rings (SSSR count). The summed E-state index contributed by atoms with van der Waals surface area (Å²) >= 11 is 2.16. The van der Waals surface area contributed by atoms with Crippen LogP contribution in [0.15, 0.2) is 11.8 Å². The summed E-state index contributed by atoms with van der Waals surface area (Å²) in [5, 5.41) is 0. The fourth-order valence-electron chi connectivity index (χ4n) is 0.644. The molecule has 0 saturated carbocycles. The molecule has 0 amide bonds. The summed E-state index contributed by atoms with van der Waals surface area (Å²) < 4.78 is 4.99. The lowest BCUT2D eigenvalue weighted by molar-refractivity contribution is -0.117. The molecule has 0 atom stereocenters. The summed E-state index contributed by atoms with van der Waals surface area (Å²) in [6, 6.07) is 0. The van der Waals surface area contributed by atoms with Crippen molar-refractivity contribution in [2.45, 2.75) is 27.7 Å². The summed E-state index contributed by atoms with van der Waals surface area (Å²) in [5.41, 5.74) is 0. The van der Waals surface area contributed by atoms with Crippen LogP contribution >= 0.6 is 0 Å². The molecule has 0 fully saturated rings. The van der Waals surface area contributed by atoms with Gasteiger partial charge in [-0.15, -0.1) is 0 Å². The van der Waals surface area contributed by atoms with E-state index in [-0.39, 0.29) is 17.6 Å². The monoisotopic (exact) mass is 182 g/mol. The maximum atomic E-state index is 11.3. The normalized spacial score (nSPS) is 12.3. The van der Waals surface area contributed by atoms with Gasteiger partial charge in [0.1, 0.15) is 0 Å². The van der Waals surface area contributed by atoms with E-state index in [4.69, 9.17) is 3.79 Å². The molecule has 0 aromatic rings. The smallest absolute Gasteiger partial charge is 0.481 e. The van der Waals surface area contributed by atoms with Gasteiger partial charge in [-0.2, -0.15) is 0 Å². The Morgan fingerprint density at radius 2 is 1.75 bits per heavy atom. The molecule has 0 N–H and O–H groups in total. The van der Waals surface area contributed by atoms with E-state index < -0.39 is 0 Å². The van der Waals surface area contributed by atoms with Crippen molar-refractivity contribution in [3.8, 4) is 0 Å². The van der Waals surface area contributed by atoms with Gasteiger partial charge in [0, 0.05) is 17.9 Å². The lowest BCUT2D eigenvalue weighted by Gasteiger charge is -2.12. The molecule has 66 valence electrons. The van der Waals surface area contributed by atoms with Gasteiger partial charge in [-0.05, 0) is 0 Å². The number of rotatable bonds is 4. The van der Waals surface area contributed by atoms with Crippen LogP contribution in [0.2, 0.25) is 0 Å². The van der Waals surface area contributed by atoms with E-state index >= 15 is 0 Å². The number of ketones is 1. The molecule has 0 aliphatic rings. The zero-order valence-corrected chi connectivity index (χ0v) is 9.28. The number of carbonyl (C=O) groups excluding carboxylic acids is 1. The van der Waals surface area contributed by atoms with E-state index in [2.05, 4.69) is 16.6 Å². The SMILES string of the molecule is CC(C)C(=O)/C=C(\[O][Al])C(C)C. The first kappa shape index (κ1) is 11.7. The number of carbonyl (C=O) groups is 1. The second-order valence-corrected chi connectivity index (χ2v) is 3.61. The van der Waals surface area contributed by atoms with Crippen LogP contribution in [0.3, 0.4) is 0 Å². The van der Waals surface area contributed by atoms with E-state index in [1.807, 2.05) is 27.7 Å². The van der Waals surface area contributed by atoms with Gasteiger partial charge in [-0.25, -0.2) is 0 Å². The van der Waals surface area contributed by atoms with Crippen LogP contribution in [-0.4, -0.2) is 22.4 Å². The van der Waals surface area contributed by atoms with Gasteiger partial charge in [0.2, 0.25) is 0 Å². The van der Waals surface area contributed by atoms with Crippen LogP contribution < -0.4 is 0 Å². The molecule has 0 aliphatic heterocycles. The molecule has 0 aliphatic carbocycles. The minimum Gasteiger partial charge on any atom is -0.656 e. The minimum atomic E-state index is 0.0406. The number of hydrogen-bond donors (Lipinski definition) is 0. The first-order valence-electron chi connectivity index (χ1n) is 4.11. The van der Waals surface area contributed by atoms with E-state index in [1.54, 1.807) is 6.08 Å². The molecule has 0 saturated heterocycles. The maximum absolute atomic E-state index is 11.3. The molecule has 2 radical (unpaired) electrons. The van der Waals surface area contributed by atoms with Crippen LogP contribution in [0.5, 0.6) is 0 Å². The Labute approximate surface area is 82.7 Å². The molecule has 2 nitrogen and oxygen atoms in total. The summed E-state index contributed by atoms with van der Waals surface area (Å²) in [7, 11) is 0. The van der Waals surface area contributed by atoms with Gasteiger partial charge in [0.05, 0.1) is 5.76 Å². The predicted octanol–water partition coefficient (Wildman–Crippen LogP) is 1.85. The van der Waals surface area contributed by atoms with Crippen molar-refractivity contribution >= 4 is 22.4 Å². The van der Waals surface area contributed by atoms with Crippen molar-refractivity contribution in [3.05, 3.63) is 11.8 Å². The quantitative estimate of drug-likeness (QED) is 0.377. The predicted molar refractivity (Wildman–Crippen MR) is 49.6 cm³/mol.